The predicted octanol–water partition coefficient (Wildman–Crippen LogP) is 0.469. The molecule has 0 saturated carbocycles. The second-order valence-corrected chi connectivity index (χ2v) is 4.78. The van der Waals surface area contributed by atoms with Crippen molar-refractivity contribution in [2.75, 3.05) is 40.3 Å². The number of hydrogen-bond acceptors (Lipinski definition) is 4. The molecule has 1 aromatic rings. The van der Waals surface area contributed by atoms with E-state index in [1.54, 1.807) is 7.11 Å². The number of benzene rings is 1. The van der Waals surface area contributed by atoms with Crippen LogP contribution in [0.2, 0.25) is 0 Å². The number of likely N-dealkylation sites (N-methyl/N-ethyl adjacent to an activating group) is 1. The summed E-state index contributed by atoms with van der Waals surface area (Å²) in [6.07, 6.45) is 0. The lowest BCUT2D eigenvalue weighted by molar-refractivity contribution is -0.132. The monoisotopic (exact) mass is 263 g/mol. The maximum Gasteiger partial charge on any atom is 0.236 e. The Morgan fingerprint density at radius 2 is 2.16 bits per heavy atom. The van der Waals surface area contributed by atoms with Crippen LogP contribution in [0, 0.1) is 0 Å². The highest BCUT2D eigenvalue weighted by Gasteiger charge is 2.29. The van der Waals surface area contributed by atoms with Crippen molar-refractivity contribution in [1.29, 1.82) is 0 Å². The van der Waals surface area contributed by atoms with Crippen molar-refractivity contribution in [1.82, 2.24) is 9.80 Å². The summed E-state index contributed by atoms with van der Waals surface area (Å²) in [5.41, 5.74) is 6.56. The molecule has 5 nitrogen and oxygen atoms in total. The maximum atomic E-state index is 11.8. The van der Waals surface area contributed by atoms with Gasteiger partial charge in [-0.1, -0.05) is 18.2 Å². The highest BCUT2D eigenvalue weighted by Crippen LogP contribution is 2.30. The molecule has 1 aromatic carbocycles. The van der Waals surface area contributed by atoms with Gasteiger partial charge in [-0.3, -0.25) is 9.69 Å². The smallest absolute Gasteiger partial charge is 0.236 e. The molecule has 19 heavy (non-hydrogen) atoms. The Morgan fingerprint density at radius 3 is 2.84 bits per heavy atom. The normalized spacial score (nSPS) is 20.4. The van der Waals surface area contributed by atoms with E-state index in [0.717, 1.165) is 24.4 Å². The van der Waals surface area contributed by atoms with Crippen molar-refractivity contribution < 1.29 is 9.53 Å². The fourth-order valence-electron chi connectivity index (χ4n) is 2.51. The van der Waals surface area contributed by atoms with Crippen LogP contribution in [0.1, 0.15) is 11.6 Å². The van der Waals surface area contributed by atoms with Gasteiger partial charge >= 0.3 is 0 Å². The Bertz CT molecular complexity index is 450. The average Bonchev–Trinajstić information content (AvgIpc) is 2.47. The number of hydrogen-bond donors (Lipinski definition) is 1. The molecule has 1 atom stereocenters. The molecule has 104 valence electrons. The van der Waals surface area contributed by atoms with Crippen LogP contribution in [0.3, 0.4) is 0 Å². The van der Waals surface area contributed by atoms with Crippen LogP contribution in [0.15, 0.2) is 24.3 Å². The minimum Gasteiger partial charge on any atom is -0.496 e. The van der Waals surface area contributed by atoms with E-state index >= 15 is 0 Å². The van der Waals surface area contributed by atoms with Crippen molar-refractivity contribution in [2.45, 2.75) is 6.04 Å². The maximum absolute atomic E-state index is 11.8. The number of para-hydroxylation sites is 1. The van der Waals surface area contributed by atoms with Crippen molar-refractivity contribution in [2.24, 2.45) is 5.73 Å². The summed E-state index contributed by atoms with van der Waals surface area (Å²) in [5.74, 6) is 0.870. The van der Waals surface area contributed by atoms with Crippen molar-refractivity contribution >= 4 is 5.91 Å². The van der Waals surface area contributed by atoms with Gasteiger partial charge in [-0.2, -0.15) is 0 Å². The van der Waals surface area contributed by atoms with Crippen LogP contribution in [0.4, 0.5) is 0 Å². The number of rotatable bonds is 3. The first kappa shape index (κ1) is 13.8. The van der Waals surface area contributed by atoms with Gasteiger partial charge in [-0.05, 0) is 13.1 Å². The summed E-state index contributed by atoms with van der Waals surface area (Å²) < 4.78 is 5.41. The van der Waals surface area contributed by atoms with Crippen molar-refractivity contribution in [3.05, 3.63) is 29.8 Å². The van der Waals surface area contributed by atoms with Gasteiger partial charge in [0.05, 0.1) is 19.7 Å². The Morgan fingerprint density at radius 1 is 1.42 bits per heavy atom. The number of nitrogens with two attached hydrogens (primary N) is 1. The zero-order valence-electron chi connectivity index (χ0n) is 11.5. The topological polar surface area (TPSA) is 58.8 Å². The Labute approximate surface area is 113 Å². The van der Waals surface area contributed by atoms with Gasteiger partial charge < -0.3 is 15.4 Å². The second-order valence-electron chi connectivity index (χ2n) is 4.78. The third kappa shape index (κ3) is 2.88. The molecule has 5 heteroatoms. The molecule has 1 amide bonds. The SMILES string of the molecule is COc1ccccc1[C@@H]1CN(C(=O)CN)CCN1C. The van der Waals surface area contributed by atoms with E-state index in [1.807, 2.05) is 23.1 Å². The van der Waals surface area contributed by atoms with Crippen molar-refractivity contribution in [3.63, 3.8) is 0 Å². The number of methoxy groups -OCH3 is 1. The first-order valence-electron chi connectivity index (χ1n) is 6.48. The summed E-state index contributed by atoms with van der Waals surface area (Å²) in [6, 6.07) is 8.10. The van der Waals surface area contributed by atoms with E-state index in [-0.39, 0.29) is 18.5 Å². The van der Waals surface area contributed by atoms with E-state index in [9.17, 15) is 4.79 Å². The number of nitrogens with zero attached hydrogens (tertiary/aromatic N) is 2. The highest BCUT2D eigenvalue weighted by atomic mass is 16.5. The van der Waals surface area contributed by atoms with E-state index in [4.69, 9.17) is 10.5 Å². The van der Waals surface area contributed by atoms with Gasteiger partial charge in [0.1, 0.15) is 5.75 Å². The number of ether oxygens (including phenoxy) is 1. The zero-order valence-corrected chi connectivity index (χ0v) is 11.5. The fourth-order valence-corrected chi connectivity index (χ4v) is 2.51. The van der Waals surface area contributed by atoms with Gasteiger partial charge in [0.25, 0.3) is 0 Å². The summed E-state index contributed by atoms with van der Waals surface area (Å²) in [7, 11) is 3.74. The minimum absolute atomic E-state index is 0.00741. The van der Waals surface area contributed by atoms with E-state index in [0.29, 0.717) is 6.54 Å². The molecule has 1 heterocycles. The second kappa shape index (κ2) is 6.04. The summed E-state index contributed by atoms with van der Waals surface area (Å²) >= 11 is 0. The van der Waals surface area contributed by atoms with Gasteiger partial charge in [0, 0.05) is 25.2 Å². The Balaban J connectivity index is 2.23. The summed E-state index contributed by atoms with van der Waals surface area (Å²) in [6.45, 7) is 2.31. The zero-order chi connectivity index (χ0) is 13.8. The summed E-state index contributed by atoms with van der Waals surface area (Å²) in [4.78, 5) is 15.8. The molecule has 1 aliphatic heterocycles. The molecular weight excluding hydrogens is 242 g/mol. The first-order chi connectivity index (χ1) is 9.17. The van der Waals surface area contributed by atoms with Gasteiger partial charge in [0.2, 0.25) is 5.91 Å². The fraction of sp³-hybridized carbons (Fsp3) is 0.500. The van der Waals surface area contributed by atoms with Crippen LogP contribution < -0.4 is 10.5 Å². The van der Waals surface area contributed by atoms with Gasteiger partial charge in [-0.25, -0.2) is 0 Å². The molecular formula is C14H21N3O2. The summed E-state index contributed by atoms with van der Waals surface area (Å²) in [5, 5.41) is 0. The molecule has 1 saturated heterocycles. The molecule has 0 unspecified atom stereocenters. The molecule has 0 radical (unpaired) electrons. The lowest BCUT2D eigenvalue weighted by Gasteiger charge is -2.40. The largest absolute Gasteiger partial charge is 0.496 e. The standard InChI is InChI=1S/C14H21N3O2/c1-16-7-8-17(14(18)9-15)10-12(16)11-5-3-4-6-13(11)19-2/h3-6,12H,7-10,15H2,1-2H3/t12-/m0/s1. The van der Waals surface area contributed by atoms with Gasteiger partial charge in [0.15, 0.2) is 0 Å². The van der Waals surface area contributed by atoms with E-state index in [2.05, 4.69) is 18.0 Å². The molecule has 0 aliphatic carbocycles. The molecule has 0 spiro atoms. The van der Waals surface area contributed by atoms with Crippen LogP contribution >= 0.6 is 0 Å². The number of carbonyl (C=O) groups excluding carboxylic acids is 1. The number of carbonyl (C=O) groups is 1. The third-order valence-corrected chi connectivity index (χ3v) is 3.67. The quantitative estimate of drug-likeness (QED) is 0.861. The molecule has 0 aromatic heterocycles. The first-order valence-corrected chi connectivity index (χ1v) is 6.48. The van der Waals surface area contributed by atoms with Crippen LogP contribution in [0.25, 0.3) is 0 Å². The molecule has 2 rings (SSSR count). The lowest BCUT2D eigenvalue weighted by atomic mass is 10.0. The van der Waals surface area contributed by atoms with Crippen molar-refractivity contribution in [3.8, 4) is 5.75 Å². The molecule has 0 bridgehead atoms. The van der Waals surface area contributed by atoms with E-state index < -0.39 is 0 Å². The number of amides is 1. The average molecular weight is 263 g/mol. The minimum atomic E-state index is 0.00741. The Kier molecular flexibility index (Phi) is 4.39. The van der Waals surface area contributed by atoms with Crippen LogP contribution in [0.5, 0.6) is 5.75 Å². The lowest BCUT2D eigenvalue weighted by Crippen LogP contribution is -2.50. The van der Waals surface area contributed by atoms with Gasteiger partial charge in [-0.15, -0.1) is 0 Å². The van der Waals surface area contributed by atoms with Crippen LogP contribution in [-0.4, -0.2) is 56.0 Å². The number of piperazine rings is 1. The Hall–Kier alpha value is -1.59. The molecule has 1 fully saturated rings. The molecule has 2 N–H and O–H groups in total. The predicted molar refractivity (Wildman–Crippen MR) is 74.0 cm³/mol. The third-order valence-electron chi connectivity index (χ3n) is 3.67. The molecule has 1 aliphatic rings. The van der Waals surface area contributed by atoms with E-state index in [1.165, 1.54) is 0 Å². The van der Waals surface area contributed by atoms with Crippen LogP contribution in [-0.2, 0) is 4.79 Å². The highest BCUT2D eigenvalue weighted by molar-refractivity contribution is 5.78.